The van der Waals surface area contributed by atoms with E-state index >= 15 is 0 Å². The minimum absolute atomic E-state index is 0.298. The van der Waals surface area contributed by atoms with Crippen LogP contribution in [0, 0.1) is 0 Å². The van der Waals surface area contributed by atoms with E-state index in [9.17, 15) is 4.79 Å². The van der Waals surface area contributed by atoms with Crippen molar-refractivity contribution in [2.75, 3.05) is 13.2 Å². The zero-order valence-electron chi connectivity index (χ0n) is 16.0. The normalized spacial score (nSPS) is 15.9. The molecular weight excluding hydrogens is 408 g/mol. The minimum atomic E-state index is -0.673. The van der Waals surface area contributed by atoms with Gasteiger partial charge in [-0.15, -0.1) is 0 Å². The van der Waals surface area contributed by atoms with Crippen LogP contribution in [-0.4, -0.2) is 33.9 Å². The number of carbonyl (C=O) groups is 1. The Labute approximate surface area is 178 Å². The molecule has 0 atom stereocenters. The molecule has 0 radical (unpaired) electrons. The van der Waals surface area contributed by atoms with Crippen molar-refractivity contribution < 1.29 is 9.53 Å². The lowest BCUT2D eigenvalue weighted by atomic mass is 9.73. The highest BCUT2D eigenvalue weighted by molar-refractivity contribution is 7.99. The minimum Gasteiger partial charge on any atom is -0.381 e. The molecule has 3 heterocycles. The van der Waals surface area contributed by atoms with Gasteiger partial charge >= 0.3 is 0 Å². The van der Waals surface area contributed by atoms with Gasteiger partial charge in [0.2, 0.25) is 5.91 Å². The van der Waals surface area contributed by atoms with Gasteiger partial charge in [0.1, 0.15) is 5.69 Å². The summed E-state index contributed by atoms with van der Waals surface area (Å²) in [5, 5.41) is 4.73. The number of nitrogens with zero attached hydrogens (tertiary/aromatic N) is 3. The number of benzene rings is 1. The summed E-state index contributed by atoms with van der Waals surface area (Å²) in [4.78, 5) is 18.7. The van der Waals surface area contributed by atoms with Crippen molar-refractivity contribution in [3.8, 4) is 11.4 Å². The van der Waals surface area contributed by atoms with E-state index in [2.05, 4.69) is 10.1 Å². The average molecular weight is 429 g/mol. The van der Waals surface area contributed by atoms with Crippen LogP contribution in [0.5, 0.6) is 0 Å². The largest absolute Gasteiger partial charge is 0.381 e. The Kier molecular flexibility index (Phi) is 5.63. The summed E-state index contributed by atoms with van der Waals surface area (Å²) in [5.41, 5.74) is 7.61. The highest BCUT2D eigenvalue weighted by atomic mass is 35.5. The van der Waals surface area contributed by atoms with Gasteiger partial charge in [-0.25, -0.2) is 0 Å². The van der Waals surface area contributed by atoms with E-state index in [-0.39, 0.29) is 5.91 Å². The number of aryl methyl sites for hydroxylation is 1. The molecule has 4 rings (SSSR count). The predicted octanol–water partition coefficient (Wildman–Crippen LogP) is 3.82. The molecule has 1 fully saturated rings. The molecule has 1 aromatic carbocycles. The van der Waals surface area contributed by atoms with E-state index in [0.717, 1.165) is 21.0 Å². The van der Waals surface area contributed by atoms with Crippen LogP contribution in [0.1, 0.15) is 18.4 Å². The monoisotopic (exact) mass is 428 g/mol. The lowest BCUT2D eigenvalue weighted by Gasteiger charge is -2.34. The van der Waals surface area contributed by atoms with Gasteiger partial charge in [0.15, 0.2) is 0 Å². The van der Waals surface area contributed by atoms with Crippen LogP contribution in [0.15, 0.2) is 58.6 Å². The quantitative estimate of drug-likeness (QED) is 0.667. The molecule has 0 bridgehead atoms. The van der Waals surface area contributed by atoms with Crippen molar-refractivity contribution in [3.63, 3.8) is 0 Å². The molecule has 0 unspecified atom stereocenters. The summed E-state index contributed by atoms with van der Waals surface area (Å²) in [6.07, 6.45) is 4.71. The third-order valence-corrected chi connectivity index (χ3v) is 6.56. The summed E-state index contributed by atoms with van der Waals surface area (Å²) in [5.74, 6) is -0.298. The third-order valence-electron chi connectivity index (χ3n) is 5.32. The van der Waals surface area contributed by atoms with Crippen molar-refractivity contribution >= 4 is 29.3 Å². The summed E-state index contributed by atoms with van der Waals surface area (Å²) >= 11 is 8.03. The molecule has 0 saturated carbocycles. The number of pyridine rings is 1. The van der Waals surface area contributed by atoms with Gasteiger partial charge in [-0.1, -0.05) is 35.5 Å². The second-order valence-electron chi connectivity index (χ2n) is 7.03. The Morgan fingerprint density at radius 2 is 2.03 bits per heavy atom. The van der Waals surface area contributed by atoms with Crippen molar-refractivity contribution in [2.45, 2.75) is 28.0 Å². The number of ether oxygens (including phenoxy) is 1. The second kappa shape index (κ2) is 8.18. The van der Waals surface area contributed by atoms with E-state index < -0.39 is 5.41 Å². The summed E-state index contributed by atoms with van der Waals surface area (Å²) in [6, 6.07) is 11.7. The highest BCUT2D eigenvalue weighted by Crippen LogP contribution is 2.38. The average Bonchev–Trinajstić information content (AvgIpc) is 3.14. The maximum Gasteiger partial charge on any atom is 0.228 e. The Bertz CT molecular complexity index is 1050. The number of hydrogen-bond acceptors (Lipinski definition) is 5. The Morgan fingerprint density at radius 1 is 1.24 bits per heavy atom. The molecular formula is C21H21ClN4O2S. The lowest BCUT2D eigenvalue weighted by Crippen LogP contribution is -2.45. The van der Waals surface area contributed by atoms with Crippen molar-refractivity contribution in [2.24, 2.45) is 12.8 Å². The van der Waals surface area contributed by atoms with Crippen LogP contribution in [-0.2, 0) is 22.0 Å². The number of primary amides is 1. The predicted molar refractivity (Wildman–Crippen MR) is 113 cm³/mol. The Morgan fingerprint density at radius 3 is 2.69 bits per heavy atom. The molecule has 2 aromatic heterocycles. The smallest absolute Gasteiger partial charge is 0.228 e. The molecule has 0 aliphatic carbocycles. The molecule has 6 nitrogen and oxygen atoms in total. The lowest BCUT2D eigenvalue weighted by molar-refractivity contribution is -0.127. The molecule has 150 valence electrons. The van der Waals surface area contributed by atoms with Crippen LogP contribution < -0.4 is 5.73 Å². The second-order valence-corrected chi connectivity index (χ2v) is 8.58. The van der Waals surface area contributed by atoms with Crippen LogP contribution in [0.4, 0.5) is 0 Å². The van der Waals surface area contributed by atoms with E-state index in [1.54, 1.807) is 28.8 Å². The number of nitrogens with two attached hydrogens (primary N) is 1. The molecule has 1 saturated heterocycles. The Hall–Kier alpha value is -2.35. The van der Waals surface area contributed by atoms with E-state index in [0.29, 0.717) is 36.8 Å². The number of carbonyl (C=O) groups excluding carboxylic acids is 1. The summed E-state index contributed by atoms with van der Waals surface area (Å²) < 4.78 is 7.18. The summed E-state index contributed by atoms with van der Waals surface area (Å²) in [6.45, 7) is 1.07. The van der Waals surface area contributed by atoms with Crippen LogP contribution in [0.2, 0.25) is 5.02 Å². The first-order chi connectivity index (χ1) is 14.0. The van der Waals surface area contributed by atoms with Gasteiger partial charge in [0.25, 0.3) is 0 Å². The van der Waals surface area contributed by atoms with Crippen LogP contribution in [0.25, 0.3) is 11.4 Å². The molecule has 1 aliphatic heterocycles. The topological polar surface area (TPSA) is 83.0 Å². The third kappa shape index (κ3) is 3.90. The van der Waals surface area contributed by atoms with Gasteiger partial charge in [-0.3, -0.25) is 14.5 Å². The fourth-order valence-electron chi connectivity index (χ4n) is 3.66. The zero-order chi connectivity index (χ0) is 20.4. The number of hydrogen-bond donors (Lipinski definition) is 1. The van der Waals surface area contributed by atoms with Gasteiger partial charge in [0.05, 0.1) is 16.1 Å². The zero-order valence-corrected chi connectivity index (χ0v) is 17.5. The van der Waals surface area contributed by atoms with Gasteiger partial charge < -0.3 is 10.5 Å². The number of rotatable bonds is 5. The summed E-state index contributed by atoms with van der Waals surface area (Å²) in [7, 11) is 1.85. The first-order valence-corrected chi connectivity index (χ1v) is 10.5. The maximum atomic E-state index is 12.3. The first kappa shape index (κ1) is 19.9. The number of aromatic nitrogens is 3. The van der Waals surface area contributed by atoms with Crippen molar-refractivity contribution in [1.82, 2.24) is 14.8 Å². The van der Waals surface area contributed by atoms with E-state index in [1.165, 1.54) is 0 Å². The molecule has 3 aromatic rings. The standard InChI is InChI=1S/C21H21ClN4O2S/c1-26-18(5-8-25-26)19-17(22)12-16(13-24-19)29-15-4-2-3-14(11-15)21(20(23)27)6-9-28-10-7-21/h2-5,8,11-13H,6-7,9-10H2,1H3,(H2,23,27). The van der Waals surface area contributed by atoms with Crippen molar-refractivity contribution in [1.29, 1.82) is 0 Å². The van der Waals surface area contributed by atoms with Gasteiger partial charge in [-0.2, -0.15) is 5.10 Å². The fraction of sp³-hybridized carbons (Fsp3) is 0.286. The SMILES string of the molecule is Cn1nccc1-c1ncc(Sc2cccc(C3(C(N)=O)CCOCC3)c2)cc1Cl. The number of amides is 1. The molecule has 1 aliphatic rings. The molecule has 29 heavy (non-hydrogen) atoms. The van der Waals surface area contributed by atoms with Crippen LogP contribution in [0.3, 0.4) is 0 Å². The molecule has 8 heteroatoms. The van der Waals surface area contributed by atoms with Crippen LogP contribution >= 0.6 is 23.4 Å². The number of halogens is 1. The first-order valence-electron chi connectivity index (χ1n) is 9.29. The van der Waals surface area contributed by atoms with Crippen molar-refractivity contribution in [3.05, 3.63) is 59.4 Å². The van der Waals surface area contributed by atoms with Gasteiger partial charge in [0, 0.05) is 42.4 Å². The van der Waals surface area contributed by atoms with Gasteiger partial charge in [-0.05, 0) is 42.7 Å². The molecule has 2 N–H and O–H groups in total. The highest BCUT2D eigenvalue weighted by Gasteiger charge is 2.40. The molecule has 1 amide bonds. The van der Waals surface area contributed by atoms with E-state index in [1.807, 2.05) is 43.4 Å². The maximum absolute atomic E-state index is 12.3. The van der Waals surface area contributed by atoms with E-state index in [4.69, 9.17) is 22.1 Å². The fourth-order valence-corrected chi connectivity index (χ4v) is 4.88. The molecule has 0 spiro atoms. The Balaban J connectivity index is 1.61.